The SMILES string of the molecule is C=C1Cn2c3c(c4ccccc42)CCN(C(=O)OC(C)(C)C)[C@@]3(C)C1. The molecule has 0 saturated heterocycles. The minimum Gasteiger partial charge on any atom is -0.444 e. The van der Waals surface area contributed by atoms with E-state index < -0.39 is 11.1 Å². The maximum atomic E-state index is 12.9. The van der Waals surface area contributed by atoms with Gasteiger partial charge in [0.05, 0.1) is 5.54 Å². The highest BCUT2D eigenvalue weighted by Crippen LogP contribution is 2.47. The van der Waals surface area contributed by atoms with Gasteiger partial charge in [0.25, 0.3) is 0 Å². The van der Waals surface area contributed by atoms with Gasteiger partial charge in [0.15, 0.2) is 0 Å². The zero-order valence-corrected chi connectivity index (χ0v) is 15.6. The van der Waals surface area contributed by atoms with Crippen LogP contribution in [0.5, 0.6) is 0 Å². The van der Waals surface area contributed by atoms with Crippen molar-refractivity contribution in [2.45, 2.75) is 58.2 Å². The zero-order valence-electron chi connectivity index (χ0n) is 15.6. The Morgan fingerprint density at radius 2 is 2.00 bits per heavy atom. The summed E-state index contributed by atoms with van der Waals surface area (Å²) in [5.41, 5.74) is 4.14. The molecular formula is C21H26N2O2. The summed E-state index contributed by atoms with van der Waals surface area (Å²) in [5.74, 6) is 0. The summed E-state index contributed by atoms with van der Waals surface area (Å²) in [6.45, 7) is 13.7. The summed E-state index contributed by atoms with van der Waals surface area (Å²) < 4.78 is 8.07. The quantitative estimate of drug-likeness (QED) is 0.658. The van der Waals surface area contributed by atoms with Crippen molar-refractivity contribution in [2.24, 2.45) is 0 Å². The lowest BCUT2D eigenvalue weighted by atomic mass is 9.79. The molecule has 0 spiro atoms. The molecule has 25 heavy (non-hydrogen) atoms. The molecule has 0 N–H and O–H groups in total. The molecule has 0 radical (unpaired) electrons. The number of carbonyl (C=O) groups is 1. The molecule has 2 aliphatic rings. The second kappa shape index (κ2) is 5.13. The molecule has 2 aromatic rings. The standard InChI is InChI=1S/C21H26N2O2/c1-14-12-21(5)18-16(10-11-23(21)19(24)25-20(2,3)4)15-8-6-7-9-17(15)22(18)13-14/h6-9H,1,10-13H2,2-5H3/t21-/m0/s1. The fourth-order valence-electron chi connectivity index (χ4n) is 4.56. The number of rotatable bonds is 0. The van der Waals surface area contributed by atoms with E-state index in [0.29, 0.717) is 6.54 Å². The number of aromatic nitrogens is 1. The molecule has 1 aromatic carbocycles. The lowest BCUT2D eigenvalue weighted by molar-refractivity contribution is -0.00780. The van der Waals surface area contributed by atoms with E-state index in [1.165, 1.54) is 22.2 Å². The maximum Gasteiger partial charge on any atom is 0.411 e. The molecular weight excluding hydrogens is 312 g/mol. The molecule has 3 heterocycles. The topological polar surface area (TPSA) is 34.5 Å². The Bertz CT molecular complexity index is 887. The first-order valence-electron chi connectivity index (χ1n) is 8.98. The van der Waals surface area contributed by atoms with Gasteiger partial charge in [-0.3, -0.25) is 4.90 Å². The van der Waals surface area contributed by atoms with Crippen molar-refractivity contribution >= 4 is 17.0 Å². The number of benzene rings is 1. The Hall–Kier alpha value is -2.23. The highest BCUT2D eigenvalue weighted by molar-refractivity contribution is 5.87. The van der Waals surface area contributed by atoms with E-state index >= 15 is 0 Å². The van der Waals surface area contributed by atoms with Crippen LogP contribution in [0.4, 0.5) is 4.79 Å². The van der Waals surface area contributed by atoms with Crippen molar-refractivity contribution in [3.63, 3.8) is 0 Å². The largest absolute Gasteiger partial charge is 0.444 e. The van der Waals surface area contributed by atoms with Gasteiger partial charge in [0, 0.05) is 29.7 Å². The van der Waals surface area contributed by atoms with Gasteiger partial charge in [-0.2, -0.15) is 0 Å². The molecule has 4 rings (SSSR count). The molecule has 0 fully saturated rings. The zero-order chi connectivity index (χ0) is 18.0. The summed E-state index contributed by atoms with van der Waals surface area (Å²) in [7, 11) is 0. The second-order valence-electron chi connectivity index (χ2n) is 8.51. The van der Waals surface area contributed by atoms with Gasteiger partial charge >= 0.3 is 6.09 Å². The van der Waals surface area contributed by atoms with Gasteiger partial charge in [-0.15, -0.1) is 0 Å². The van der Waals surface area contributed by atoms with Crippen molar-refractivity contribution in [3.05, 3.63) is 47.7 Å². The fraction of sp³-hybridized carbons (Fsp3) is 0.476. The number of carbonyl (C=O) groups excluding carboxylic acids is 1. The molecule has 2 aliphatic heterocycles. The van der Waals surface area contributed by atoms with Crippen molar-refractivity contribution in [1.82, 2.24) is 9.47 Å². The molecule has 1 amide bonds. The van der Waals surface area contributed by atoms with Gasteiger partial charge < -0.3 is 9.30 Å². The van der Waals surface area contributed by atoms with Crippen molar-refractivity contribution in [3.8, 4) is 0 Å². The lowest BCUT2D eigenvalue weighted by Crippen LogP contribution is -2.55. The third kappa shape index (κ3) is 2.38. The van der Waals surface area contributed by atoms with Crippen LogP contribution in [-0.2, 0) is 23.2 Å². The van der Waals surface area contributed by atoms with E-state index in [1.54, 1.807) is 0 Å². The predicted molar refractivity (Wildman–Crippen MR) is 99.7 cm³/mol. The van der Waals surface area contributed by atoms with Gasteiger partial charge in [0.2, 0.25) is 0 Å². The highest BCUT2D eigenvalue weighted by atomic mass is 16.6. The van der Waals surface area contributed by atoms with Gasteiger partial charge in [-0.25, -0.2) is 4.79 Å². The predicted octanol–water partition coefficient (Wildman–Crippen LogP) is 4.61. The Morgan fingerprint density at radius 3 is 2.72 bits per heavy atom. The van der Waals surface area contributed by atoms with Crippen LogP contribution in [0, 0.1) is 0 Å². The molecule has 4 nitrogen and oxygen atoms in total. The van der Waals surface area contributed by atoms with Crippen LogP contribution in [0.15, 0.2) is 36.4 Å². The fourth-order valence-corrected chi connectivity index (χ4v) is 4.56. The van der Waals surface area contributed by atoms with E-state index in [4.69, 9.17) is 4.74 Å². The van der Waals surface area contributed by atoms with Crippen LogP contribution in [0.25, 0.3) is 10.9 Å². The smallest absolute Gasteiger partial charge is 0.411 e. The third-order valence-corrected chi connectivity index (χ3v) is 5.36. The first-order chi connectivity index (χ1) is 11.7. The molecule has 0 aliphatic carbocycles. The van der Waals surface area contributed by atoms with E-state index in [-0.39, 0.29) is 6.09 Å². The first-order valence-corrected chi connectivity index (χ1v) is 8.98. The van der Waals surface area contributed by atoms with Crippen molar-refractivity contribution < 1.29 is 9.53 Å². The third-order valence-electron chi connectivity index (χ3n) is 5.36. The number of nitrogens with zero attached hydrogens (tertiary/aromatic N) is 2. The van der Waals surface area contributed by atoms with Crippen LogP contribution in [-0.4, -0.2) is 27.7 Å². The Labute approximate surface area is 149 Å². The van der Waals surface area contributed by atoms with Crippen LogP contribution in [0.2, 0.25) is 0 Å². The van der Waals surface area contributed by atoms with Gasteiger partial charge in [-0.05, 0) is 52.2 Å². The molecule has 1 atom stereocenters. The summed E-state index contributed by atoms with van der Waals surface area (Å²) in [4.78, 5) is 14.8. The number of hydrogen-bond acceptors (Lipinski definition) is 2. The minimum atomic E-state index is -0.494. The number of hydrogen-bond donors (Lipinski definition) is 0. The molecule has 0 bridgehead atoms. The van der Waals surface area contributed by atoms with Crippen LogP contribution < -0.4 is 0 Å². The summed E-state index contributed by atoms with van der Waals surface area (Å²) in [5, 5.41) is 1.31. The summed E-state index contributed by atoms with van der Waals surface area (Å²) in [6, 6.07) is 8.54. The van der Waals surface area contributed by atoms with Crippen molar-refractivity contribution in [2.75, 3.05) is 6.54 Å². The molecule has 0 saturated carbocycles. The van der Waals surface area contributed by atoms with E-state index in [0.717, 1.165) is 25.0 Å². The number of ether oxygens (including phenoxy) is 1. The average molecular weight is 338 g/mol. The highest BCUT2D eigenvalue weighted by Gasteiger charge is 2.48. The Kier molecular flexibility index (Phi) is 3.34. The molecule has 4 heteroatoms. The molecule has 1 aromatic heterocycles. The van der Waals surface area contributed by atoms with Gasteiger partial charge in [0.1, 0.15) is 5.60 Å². The molecule has 132 valence electrons. The summed E-state index contributed by atoms with van der Waals surface area (Å²) >= 11 is 0. The van der Waals surface area contributed by atoms with Crippen LogP contribution in [0.3, 0.4) is 0 Å². The first kappa shape index (κ1) is 16.2. The Balaban J connectivity index is 1.89. The van der Waals surface area contributed by atoms with Crippen LogP contribution >= 0.6 is 0 Å². The van der Waals surface area contributed by atoms with Crippen LogP contribution in [0.1, 0.15) is 45.4 Å². The lowest BCUT2D eigenvalue weighted by Gasteiger charge is -2.48. The summed E-state index contributed by atoms with van der Waals surface area (Å²) in [6.07, 6.45) is 1.42. The average Bonchev–Trinajstić information content (AvgIpc) is 2.81. The maximum absolute atomic E-state index is 12.9. The second-order valence-corrected chi connectivity index (χ2v) is 8.51. The van der Waals surface area contributed by atoms with E-state index in [2.05, 4.69) is 42.3 Å². The number of fused-ring (bicyclic) bond motifs is 3. The van der Waals surface area contributed by atoms with E-state index in [9.17, 15) is 4.79 Å². The van der Waals surface area contributed by atoms with E-state index in [1.807, 2.05) is 25.7 Å². The van der Waals surface area contributed by atoms with Crippen molar-refractivity contribution in [1.29, 1.82) is 0 Å². The normalized spacial score (nSPS) is 22.9. The Morgan fingerprint density at radius 1 is 1.28 bits per heavy atom. The monoisotopic (exact) mass is 338 g/mol. The molecule has 0 unspecified atom stereocenters. The number of amides is 1. The van der Waals surface area contributed by atoms with Gasteiger partial charge in [-0.1, -0.05) is 30.4 Å². The number of para-hydroxylation sites is 1. The minimum absolute atomic E-state index is 0.229.